The van der Waals surface area contributed by atoms with Crippen molar-refractivity contribution in [3.63, 3.8) is 0 Å². The van der Waals surface area contributed by atoms with Crippen molar-refractivity contribution >= 4 is 16.0 Å². The predicted molar refractivity (Wildman–Crippen MR) is 52.7 cm³/mol. The normalized spacial score (nSPS) is 13.0. The number of nitrogens with two attached hydrogens (primary N) is 1. The standard InChI is InChI=1S/C8H15NO4S/c1-6(2)5-14(11,12)13-4-7(3)8(9)10/h4,6H,5H2,1-3H3,(H2,9,10)/b7-4+. The first-order chi connectivity index (χ1) is 6.24. The van der Waals surface area contributed by atoms with E-state index in [1.54, 1.807) is 13.8 Å². The lowest BCUT2D eigenvalue weighted by atomic mass is 10.3. The number of rotatable bonds is 5. The molecular formula is C8H15NO4S. The second-order valence-electron chi connectivity index (χ2n) is 3.38. The fourth-order valence-electron chi connectivity index (χ4n) is 0.651. The molecule has 14 heavy (non-hydrogen) atoms. The van der Waals surface area contributed by atoms with Crippen molar-refractivity contribution in [1.29, 1.82) is 0 Å². The van der Waals surface area contributed by atoms with Crippen LogP contribution >= 0.6 is 0 Å². The van der Waals surface area contributed by atoms with Crippen LogP contribution in [0.3, 0.4) is 0 Å². The van der Waals surface area contributed by atoms with E-state index in [-0.39, 0.29) is 17.2 Å². The summed E-state index contributed by atoms with van der Waals surface area (Å²) in [5.74, 6) is -0.817. The highest BCUT2D eigenvalue weighted by Crippen LogP contribution is 2.04. The van der Waals surface area contributed by atoms with Crippen molar-refractivity contribution in [3.8, 4) is 0 Å². The Morgan fingerprint density at radius 3 is 2.36 bits per heavy atom. The molecule has 0 saturated heterocycles. The fraction of sp³-hybridized carbons (Fsp3) is 0.625. The maximum atomic E-state index is 11.1. The topological polar surface area (TPSA) is 86.5 Å². The minimum absolute atomic E-state index is 0.0257. The molecule has 0 atom stereocenters. The molecule has 0 radical (unpaired) electrons. The molecule has 0 aliphatic heterocycles. The molecule has 0 aliphatic rings. The average Bonchev–Trinajstić information content (AvgIpc) is 1.97. The molecule has 0 saturated carbocycles. The highest BCUT2D eigenvalue weighted by molar-refractivity contribution is 7.86. The summed E-state index contributed by atoms with van der Waals surface area (Å²) < 4.78 is 26.8. The van der Waals surface area contributed by atoms with Gasteiger partial charge in [0.1, 0.15) is 6.26 Å². The molecular weight excluding hydrogens is 206 g/mol. The van der Waals surface area contributed by atoms with E-state index in [1.165, 1.54) is 6.92 Å². The summed E-state index contributed by atoms with van der Waals surface area (Å²) in [6.07, 6.45) is 0.861. The van der Waals surface area contributed by atoms with Gasteiger partial charge >= 0.3 is 10.1 Å². The molecule has 0 fully saturated rings. The van der Waals surface area contributed by atoms with Gasteiger partial charge < -0.3 is 9.92 Å². The van der Waals surface area contributed by atoms with Crippen molar-refractivity contribution in [2.24, 2.45) is 11.7 Å². The van der Waals surface area contributed by atoms with Crippen molar-refractivity contribution in [2.45, 2.75) is 20.8 Å². The molecule has 0 bridgehead atoms. The minimum Gasteiger partial charge on any atom is -0.390 e. The Morgan fingerprint density at radius 2 is 2.00 bits per heavy atom. The van der Waals surface area contributed by atoms with E-state index >= 15 is 0 Å². The summed E-state index contributed by atoms with van der Waals surface area (Å²) in [4.78, 5) is 10.5. The molecule has 2 N–H and O–H groups in total. The number of primary amides is 1. The van der Waals surface area contributed by atoms with E-state index in [4.69, 9.17) is 5.73 Å². The Balaban J connectivity index is 4.40. The molecule has 1 amide bonds. The van der Waals surface area contributed by atoms with E-state index in [0.717, 1.165) is 6.26 Å². The summed E-state index contributed by atoms with van der Waals surface area (Å²) in [7, 11) is -3.59. The van der Waals surface area contributed by atoms with E-state index in [0.29, 0.717) is 0 Å². The van der Waals surface area contributed by atoms with E-state index in [9.17, 15) is 13.2 Å². The SMILES string of the molecule is C/C(=C\OS(=O)(=O)CC(C)C)C(N)=O. The lowest BCUT2D eigenvalue weighted by Gasteiger charge is -2.05. The van der Waals surface area contributed by atoms with E-state index < -0.39 is 16.0 Å². The Bertz CT molecular complexity index is 329. The highest BCUT2D eigenvalue weighted by Gasteiger charge is 2.13. The third-order valence-corrected chi connectivity index (χ3v) is 2.76. The van der Waals surface area contributed by atoms with E-state index in [2.05, 4.69) is 4.18 Å². The molecule has 82 valence electrons. The van der Waals surface area contributed by atoms with Crippen molar-refractivity contribution in [2.75, 3.05) is 5.75 Å². The summed E-state index contributed by atoms with van der Waals surface area (Å²) in [6, 6.07) is 0. The molecule has 0 unspecified atom stereocenters. The van der Waals surface area contributed by atoms with Crippen molar-refractivity contribution in [1.82, 2.24) is 0 Å². The molecule has 0 rings (SSSR count). The number of carbonyl (C=O) groups is 1. The van der Waals surface area contributed by atoms with Gasteiger partial charge in [-0.1, -0.05) is 13.8 Å². The molecule has 0 aliphatic carbocycles. The van der Waals surface area contributed by atoms with Crippen LogP contribution in [0.15, 0.2) is 11.8 Å². The molecule has 0 spiro atoms. The lowest BCUT2D eigenvalue weighted by molar-refractivity contribution is -0.114. The third kappa shape index (κ3) is 5.58. The quantitative estimate of drug-likeness (QED) is 0.413. The second kappa shape index (κ2) is 4.99. The average molecular weight is 221 g/mol. The molecule has 6 heteroatoms. The van der Waals surface area contributed by atoms with Crippen molar-refractivity contribution in [3.05, 3.63) is 11.8 Å². The zero-order valence-corrected chi connectivity index (χ0v) is 9.30. The van der Waals surface area contributed by atoms with Crippen LogP contribution in [0.5, 0.6) is 0 Å². The predicted octanol–water partition coefficient (Wildman–Crippen LogP) is 0.378. The maximum absolute atomic E-state index is 11.1. The Labute approximate surface area is 84.1 Å². The summed E-state index contributed by atoms with van der Waals surface area (Å²) in [5, 5.41) is 0. The first kappa shape index (κ1) is 13.0. The minimum atomic E-state index is -3.59. The largest absolute Gasteiger partial charge is 0.390 e. The lowest BCUT2D eigenvalue weighted by Crippen LogP contribution is -2.15. The monoisotopic (exact) mass is 221 g/mol. The molecule has 5 nitrogen and oxygen atoms in total. The van der Waals surface area contributed by atoms with Crippen LogP contribution in [-0.4, -0.2) is 20.1 Å². The third-order valence-electron chi connectivity index (χ3n) is 1.30. The van der Waals surface area contributed by atoms with Crippen LogP contribution in [0.1, 0.15) is 20.8 Å². The first-order valence-corrected chi connectivity index (χ1v) is 5.70. The Hall–Kier alpha value is -1.04. The summed E-state index contributed by atoms with van der Waals surface area (Å²) >= 11 is 0. The smallest absolute Gasteiger partial charge is 0.308 e. The van der Waals surface area contributed by atoms with Gasteiger partial charge in [0, 0.05) is 5.57 Å². The molecule has 0 aromatic heterocycles. The van der Waals surface area contributed by atoms with Crippen LogP contribution in [0.25, 0.3) is 0 Å². The van der Waals surface area contributed by atoms with Gasteiger partial charge in [-0.25, -0.2) is 0 Å². The van der Waals surface area contributed by atoms with Gasteiger partial charge in [-0.15, -0.1) is 0 Å². The van der Waals surface area contributed by atoms with Gasteiger partial charge in [-0.2, -0.15) is 8.42 Å². The van der Waals surface area contributed by atoms with Gasteiger partial charge in [-0.05, 0) is 12.8 Å². The van der Waals surface area contributed by atoms with Gasteiger partial charge in [-0.3, -0.25) is 4.79 Å². The fourth-order valence-corrected chi connectivity index (χ4v) is 1.84. The van der Waals surface area contributed by atoms with Gasteiger partial charge in [0.25, 0.3) is 0 Å². The maximum Gasteiger partial charge on any atom is 0.308 e. The van der Waals surface area contributed by atoms with Crippen LogP contribution in [0.4, 0.5) is 0 Å². The number of carbonyl (C=O) groups excluding carboxylic acids is 1. The van der Waals surface area contributed by atoms with Crippen molar-refractivity contribution < 1.29 is 17.4 Å². The molecule has 0 aromatic carbocycles. The van der Waals surface area contributed by atoms with Crippen LogP contribution in [0, 0.1) is 5.92 Å². The number of amides is 1. The Morgan fingerprint density at radius 1 is 1.50 bits per heavy atom. The highest BCUT2D eigenvalue weighted by atomic mass is 32.2. The Kier molecular flexibility index (Phi) is 4.62. The molecule has 0 aromatic rings. The van der Waals surface area contributed by atoms with Gasteiger partial charge in [0.2, 0.25) is 5.91 Å². The zero-order valence-electron chi connectivity index (χ0n) is 8.48. The number of hydrogen-bond donors (Lipinski definition) is 1. The first-order valence-electron chi connectivity index (χ1n) is 4.12. The zero-order chi connectivity index (χ0) is 11.4. The van der Waals surface area contributed by atoms with Crippen LogP contribution < -0.4 is 5.73 Å². The van der Waals surface area contributed by atoms with Gasteiger partial charge in [0.05, 0.1) is 5.75 Å². The number of hydrogen-bond acceptors (Lipinski definition) is 4. The van der Waals surface area contributed by atoms with Crippen LogP contribution in [-0.2, 0) is 19.1 Å². The summed E-state index contributed by atoms with van der Waals surface area (Å²) in [5.41, 5.74) is 4.95. The van der Waals surface area contributed by atoms with Gasteiger partial charge in [0.15, 0.2) is 0 Å². The molecule has 0 heterocycles. The second-order valence-corrected chi connectivity index (χ2v) is 5.02. The summed E-state index contributed by atoms with van der Waals surface area (Å²) in [6.45, 7) is 4.89. The van der Waals surface area contributed by atoms with Crippen LogP contribution in [0.2, 0.25) is 0 Å². The van der Waals surface area contributed by atoms with E-state index in [1.807, 2.05) is 0 Å².